The molecule has 0 heterocycles. The summed E-state index contributed by atoms with van der Waals surface area (Å²) in [5, 5.41) is 18.1. The Bertz CT molecular complexity index is 293. The minimum absolute atomic E-state index is 0.0989. The fourth-order valence-corrected chi connectivity index (χ4v) is 3.35. The average Bonchev–Trinajstić information content (AvgIpc) is 2.51. The van der Waals surface area contributed by atoms with Gasteiger partial charge in [-0.3, -0.25) is 9.59 Å². The van der Waals surface area contributed by atoms with Crippen molar-refractivity contribution in [2.75, 3.05) is 0 Å². The molecule has 0 radical (unpaired) electrons. The zero-order valence-corrected chi connectivity index (χ0v) is 15.1. The van der Waals surface area contributed by atoms with Crippen molar-refractivity contribution in [2.45, 2.75) is 104 Å². The quantitative estimate of drug-likeness (QED) is 0.359. The average molecular weight is 328 g/mol. The highest BCUT2D eigenvalue weighted by Crippen LogP contribution is 2.41. The van der Waals surface area contributed by atoms with E-state index >= 15 is 0 Å². The Labute approximate surface area is 141 Å². The monoisotopic (exact) mass is 328 g/mol. The van der Waals surface area contributed by atoms with Crippen LogP contribution in [0.3, 0.4) is 0 Å². The van der Waals surface area contributed by atoms with Crippen molar-refractivity contribution in [3.05, 3.63) is 0 Å². The largest absolute Gasteiger partial charge is 0.481 e. The molecule has 0 spiro atoms. The minimum atomic E-state index is -0.771. The molecule has 0 aliphatic heterocycles. The standard InChI is InChI=1S/C19H36O4/c1-3-5-7-9-13-19(15-11-17(20)21,16-12-18(22)23)14-10-8-6-4-2/h3-16H2,1-2H3,(H,20,21)(H,22,23). The van der Waals surface area contributed by atoms with Crippen molar-refractivity contribution >= 4 is 11.9 Å². The molecule has 0 unspecified atom stereocenters. The van der Waals surface area contributed by atoms with Gasteiger partial charge in [0.1, 0.15) is 0 Å². The first-order valence-electron chi connectivity index (χ1n) is 9.39. The first-order valence-corrected chi connectivity index (χ1v) is 9.39. The Hall–Kier alpha value is -1.06. The molecule has 4 heteroatoms. The fourth-order valence-electron chi connectivity index (χ4n) is 3.35. The molecule has 0 saturated carbocycles. The van der Waals surface area contributed by atoms with Crippen LogP contribution in [0.2, 0.25) is 0 Å². The highest BCUT2D eigenvalue weighted by atomic mass is 16.4. The summed E-state index contributed by atoms with van der Waals surface area (Å²) in [5.41, 5.74) is -0.0989. The van der Waals surface area contributed by atoms with E-state index in [2.05, 4.69) is 13.8 Å². The molecule has 2 N–H and O–H groups in total. The predicted molar refractivity (Wildman–Crippen MR) is 93.7 cm³/mol. The number of rotatable bonds is 16. The van der Waals surface area contributed by atoms with Crippen molar-refractivity contribution in [2.24, 2.45) is 5.41 Å². The van der Waals surface area contributed by atoms with Gasteiger partial charge in [-0.05, 0) is 31.1 Å². The maximum absolute atomic E-state index is 11.0. The third-order valence-electron chi connectivity index (χ3n) is 4.86. The lowest BCUT2D eigenvalue weighted by molar-refractivity contribution is -0.138. The highest BCUT2D eigenvalue weighted by Gasteiger charge is 2.30. The second-order valence-electron chi connectivity index (χ2n) is 6.91. The molecule has 136 valence electrons. The zero-order chi connectivity index (χ0) is 17.6. The van der Waals surface area contributed by atoms with Crippen LogP contribution in [0.4, 0.5) is 0 Å². The minimum Gasteiger partial charge on any atom is -0.481 e. The van der Waals surface area contributed by atoms with Gasteiger partial charge in [0.05, 0.1) is 0 Å². The summed E-state index contributed by atoms with van der Waals surface area (Å²) in [5.74, 6) is -1.54. The lowest BCUT2D eigenvalue weighted by atomic mass is 9.71. The molecule has 0 atom stereocenters. The van der Waals surface area contributed by atoms with Crippen LogP contribution in [0.1, 0.15) is 104 Å². The summed E-state index contributed by atoms with van der Waals surface area (Å²) in [4.78, 5) is 22.0. The summed E-state index contributed by atoms with van der Waals surface area (Å²) in [6, 6.07) is 0. The number of hydrogen-bond acceptors (Lipinski definition) is 2. The third-order valence-corrected chi connectivity index (χ3v) is 4.86. The van der Waals surface area contributed by atoms with E-state index in [0.717, 1.165) is 38.5 Å². The highest BCUT2D eigenvalue weighted by molar-refractivity contribution is 5.67. The maximum Gasteiger partial charge on any atom is 0.303 e. The summed E-state index contributed by atoms with van der Waals surface area (Å²) in [6.45, 7) is 4.35. The third kappa shape index (κ3) is 12.1. The van der Waals surface area contributed by atoms with Gasteiger partial charge in [0.2, 0.25) is 0 Å². The van der Waals surface area contributed by atoms with Crippen molar-refractivity contribution in [1.82, 2.24) is 0 Å². The Morgan fingerprint density at radius 1 is 0.652 bits per heavy atom. The van der Waals surface area contributed by atoms with E-state index in [1.807, 2.05) is 0 Å². The molecular weight excluding hydrogens is 292 g/mol. The van der Waals surface area contributed by atoms with Crippen LogP contribution >= 0.6 is 0 Å². The van der Waals surface area contributed by atoms with Gasteiger partial charge in [-0.25, -0.2) is 0 Å². The number of hydrogen-bond donors (Lipinski definition) is 2. The SMILES string of the molecule is CCCCCCC(CCCCCC)(CCC(=O)O)CCC(=O)O. The Morgan fingerprint density at radius 3 is 1.35 bits per heavy atom. The number of carboxylic acids is 2. The van der Waals surface area contributed by atoms with Crippen LogP contribution in [-0.2, 0) is 9.59 Å². The van der Waals surface area contributed by atoms with Crippen LogP contribution in [0, 0.1) is 5.41 Å². The van der Waals surface area contributed by atoms with E-state index in [-0.39, 0.29) is 18.3 Å². The van der Waals surface area contributed by atoms with Crippen LogP contribution in [0.15, 0.2) is 0 Å². The van der Waals surface area contributed by atoms with Crippen LogP contribution in [0.5, 0.6) is 0 Å². The summed E-state index contributed by atoms with van der Waals surface area (Å²) >= 11 is 0. The Balaban J connectivity index is 4.75. The lowest BCUT2D eigenvalue weighted by Crippen LogP contribution is -2.24. The Kier molecular flexibility index (Phi) is 12.8. The maximum atomic E-state index is 11.0. The predicted octanol–water partition coefficient (Wildman–Crippen LogP) is 5.64. The van der Waals surface area contributed by atoms with E-state index in [1.165, 1.54) is 25.7 Å². The normalized spacial score (nSPS) is 11.6. The van der Waals surface area contributed by atoms with E-state index in [0.29, 0.717) is 12.8 Å². The van der Waals surface area contributed by atoms with Crippen molar-refractivity contribution in [1.29, 1.82) is 0 Å². The van der Waals surface area contributed by atoms with Crippen molar-refractivity contribution < 1.29 is 19.8 Å². The zero-order valence-electron chi connectivity index (χ0n) is 15.1. The van der Waals surface area contributed by atoms with Gasteiger partial charge < -0.3 is 10.2 Å². The molecule has 0 rings (SSSR count). The van der Waals surface area contributed by atoms with E-state index in [1.54, 1.807) is 0 Å². The molecule has 23 heavy (non-hydrogen) atoms. The molecule has 4 nitrogen and oxygen atoms in total. The molecular formula is C19H36O4. The second-order valence-corrected chi connectivity index (χ2v) is 6.91. The number of carboxylic acid groups (broad SMARTS) is 2. The van der Waals surface area contributed by atoms with E-state index in [4.69, 9.17) is 10.2 Å². The van der Waals surface area contributed by atoms with Gasteiger partial charge in [0, 0.05) is 12.8 Å². The van der Waals surface area contributed by atoms with Gasteiger partial charge in [0.25, 0.3) is 0 Å². The van der Waals surface area contributed by atoms with Crippen LogP contribution < -0.4 is 0 Å². The first-order chi connectivity index (χ1) is 11.0. The first kappa shape index (κ1) is 21.9. The van der Waals surface area contributed by atoms with Crippen LogP contribution in [0.25, 0.3) is 0 Å². The van der Waals surface area contributed by atoms with Gasteiger partial charge >= 0.3 is 11.9 Å². The fraction of sp³-hybridized carbons (Fsp3) is 0.895. The van der Waals surface area contributed by atoms with Crippen LogP contribution in [-0.4, -0.2) is 22.2 Å². The van der Waals surface area contributed by atoms with E-state index in [9.17, 15) is 9.59 Å². The lowest BCUT2D eigenvalue weighted by Gasteiger charge is -2.34. The van der Waals surface area contributed by atoms with E-state index < -0.39 is 11.9 Å². The molecule has 0 aromatic heterocycles. The topological polar surface area (TPSA) is 74.6 Å². The van der Waals surface area contributed by atoms with Gasteiger partial charge in [-0.1, -0.05) is 65.2 Å². The molecule has 0 aliphatic rings. The van der Waals surface area contributed by atoms with Gasteiger partial charge in [0.15, 0.2) is 0 Å². The summed E-state index contributed by atoms with van der Waals surface area (Å²) in [7, 11) is 0. The van der Waals surface area contributed by atoms with Gasteiger partial charge in [-0.2, -0.15) is 0 Å². The molecule has 0 bridgehead atoms. The van der Waals surface area contributed by atoms with Crippen molar-refractivity contribution in [3.8, 4) is 0 Å². The second kappa shape index (κ2) is 13.4. The van der Waals surface area contributed by atoms with Crippen molar-refractivity contribution in [3.63, 3.8) is 0 Å². The number of aliphatic carboxylic acids is 2. The molecule has 0 fully saturated rings. The smallest absolute Gasteiger partial charge is 0.303 e. The summed E-state index contributed by atoms with van der Waals surface area (Å²) < 4.78 is 0. The molecule has 0 aromatic rings. The number of carbonyl (C=O) groups is 2. The molecule has 0 aliphatic carbocycles. The number of unbranched alkanes of at least 4 members (excludes halogenated alkanes) is 6. The molecule has 0 aromatic carbocycles. The molecule has 0 saturated heterocycles. The Morgan fingerprint density at radius 2 is 1.04 bits per heavy atom. The molecule has 0 amide bonds. The summed E-state index contributed by atoms with van der Waals surface area (Å²) in [6.07, 6.45) is 12.7. The van der Waals surface area contributed by atoms with Gasteiger partial charge in [-0.15, -0.1) is 0 Å².